The van der Waals surface area contributed by atoms with Crippen LogP contribution in [0.3, 0.4) is 0 Å². The standard InChI is InChI=1S/C22H29N5O11S/c1-3-37-21(32)17(25-38-10-13-4-6-14(7-5-13)27(35)36)12-39-11-16(19(29)26(2)22(33)34)24-18(28)9-8-15(23)20(30)31/h4-7,12,15-16,25H,3,8-11,23H2,1-2H3,(H,24,28)(H,30,31)(H,33,34). The van der Waals surface area contributed by atoms with Crippen LogP contribution in [0.15, 0.2) is 35.4 Å². The Kier molecular flexibility index (Phi) is 14.0. The maximum Gasteiger partial charge on any atom is 0.413 e. The first-order valence-electron chi connectivity index (χ1n) is 11.3. The van der Waals surface area contributed by atoms with E-state index in [0.717, 1.165) is 18.8 Å². The SMILES string of the molecule is CCOC(=O)C(=CSCC(NC(=O)CCC(N)C(=O)O)C(=O)N(C)C(=O)O)NOCc1ccc([N+](=O)[O-])cc1. The number of likely N-dealkylation sites (N-methyl/N-ethyl adjacent to an activating group) is 1. The van der Waals surface area contributed by atoms with Gasteiger partial charge in [0.1, 0.15) is 12.1 Å². The molecule has 2 unspecified atom stereocenters. The number of amides is 3. The number of benzene rings is 1. The van der Waals surface area contributed by atoms with Gasteiger partial charge in [0.25, 0.3) is 11.6 Å². The van der Waals surface area contributed by atoms with Crippen LogP contribution >= 0.6 is 11.8 Å². The van der Waals surface area contributed by atoms with Gasteiger partial charge in [-0.1, -0.05) is 0 Å². The molecule has 0 saturated carbocycles. The first kappa shape index (κ1) is 32.8. The molecule has 214 valence electrons. The lowest BCUT2D eigenvalue weighted by Crippen LogP contribution is -2.50. The van der Waals surface area contributed by atoms with Gasteiger partial charge in [-0.15, -0.1) is 11.8 Å². The zero-order valence-corrected chi connectivity index (χ0v) is 21.8. The molecule has 0 fully saturated rings. The lowest BCUT2D eigenvalue weighted by Gasteiger charge is -2.21. The van der Waals surface area contributed by atoms with Crippen molar-refractivity contribution in [3.63, 3.8) is 0 Å². The summed E-state index contributed by atoms with van der Waals surface area (Å²) in [6, 6.07) is 2.84. The number of carboxylic acids is 1. The van der Waals surface area contributed by atoms with E-state index in [-0.39, 0.29) is 43.2 Å². The molecule has 0 aliphatic rings. The number of nitrogens with one attached hydrogen (secondary N) is 2. The van der Waals surface area contributed by atoms with Crippen LogP contribution < -0.4 is 16.5 Å². The molecule has 0 spiro atoms. The van der Waals surface area contributed by atoms with Crippen LogP contribution in [0.5, 0.6) is 0 Å². The maximum absolute atomic E-state index is 12.6. The molecule has 0 bridgehead atoms. The Morgan fingerprint density at radius 1 is 1.21 bits per heavy atom. The minimum absolute atomic E-state index is 0.0317. The fourth-order valence-electron chi connectivity index (χ4n) is 2.64. The van der Waals surface area contributed by atoms with Gasteiger partial charge in [-0.25, -0.2) is 14.5 Å². The lowest BCUT2D eigenvalue weighted by atomic mass is 10.1. The Morgan fingerprint density at radius 3 is 2.38 bits per heavy atom. The molecule has 3 amide bonds. The molecule has 1 rings (SSSR count). The van der Waals surface area contributed by atoms with Crippen molar-refractivity contribution in [1.29, 1.82) is 0 Å². The predicted octanol–water partition coefficient (Wildman–Crippen LogP) is 0.567. The van der Waals surface area contributed by atoms with Crippen LogP contribution in [0.2, 0.25) is 0 Å². The number of nitrogens with zero attached hydrogens (tertiary/aromatic N) is 2. The summed E-state index contributed by atoms with van der Waals surface area (Å²) in [5.41, 5.74) is 8.04. The highest BCUT2D eigenvalue weighted by Crippen LogP contribution is 2.14. The molecule has 17 heteroatoms. The third-order valence-electron chi connectivity index (χ3n) is 4.78. The zero-order chi connectivity index (χ0) is 29.5. The molecule has 0 radical (unpaired) electrons. The van der Waals surface area contributed by atoms with Crippen LogP contribution in [-0.4, -0.2) is 81.4 Å². The number of thioether (sulfide) groups is 1. The number of aliphatic carboxylic acids is 1. The molecule has 39 heavy (non-hydrogen) atoms. The minimum Gasteiger partial charge on any atom is -0.480 e. The molecule has 0 saturated heterocycles. The van der Waals surface area contributed by atoms with E-state index in [1.165, 1.54) is 29.7 Å². The smallest absolute Gasteiger partial charge is 0.413 e. The summed E-state index contributed by atoms with van der Waals surface area (Å²) in [7, 11) is 0.988. The largest absolute Gasteiger partial charge is 0.480 e. The molecule has 2 atom stereocenters. The van der Waals surface area contributed by atoms with E-state index in [0.29, 0.717) is 10.5 Å². The van der Waals surface area contributed by atoms with Crippen molar-refractivity contribution in [3.05, 3.63) is 51.0 Å². The van der Waals surface area contributed by atoms with Gasteiger partial charge in [-0.05, 0) is 31.0 Å². The quantitative estimate of drug-likeness (QED) is 0.0788. The number of hydrogen-bond acceptors (Lipinski definition) is 12. The van der Waals surface area contributed by atoms with Crippen LogP contribution in [-0.2, 0) is 35.4 Å². The maximum atomic E-state index is 12.6. The van der Waals surface area contributed by atoms with Crippen molar-refractivity contribution < 1.29 is 48.7 Å². The van der Waals surface area contributed by atoms with E-state index >= 15 is 0 Å². The number of rotatable bonds is 16. The summed E-state index contributed by atoms with van der Waals surface area (Å²) in [5.74, 6) is -4.05. The molecule has 1 aromatic rings. The monoisotopic (exact) mass is 571 g/mol. The van der Waals surface area contributed by atoms with Crippen molar-refractivity contribution >= 4 is 47.3 Å². The summed E-state index contributed by atoms with van der Waals surface area (Å²) in [5, 5.41) is 32.3. The topological polar surface area (TPSA) is 241 Å². The number of nitro groups is 1. The van der Waals surface area contributed by atoms with Crippen LogP contribution in [0.4, 0.5) is 10.5 Å². The number of ether oxygens (including phenoxy) is 1. The number of carbonyl (C=O) groups excluding carboxylic acids is 3. The number of hydroxylamine groups is 1. The number of carboxylic acid groups (broad SMARTS) is 2. The average molecular weight is 572 g/mol. The van der Waals surface area contributed by atoms with Crippen LogP contribution in [0.1, 0.15) is 25.3 Å². The molecule has 1 aromatic carbocycles. The summed E-state index contributed by atoms with van der Waals surface area (Å²) >= 11 is 0.849. The molecule has 16 nitrogen and oxygen atoms in total. The predicted molar refractivity (Wildman–Crippen MR) is 136 cm³/mol. The molecule has 0 aliphatic heterocycles. The zero-order valence-electron chi connectivity index (χ0n) is 21.0. The second kappa shape index (κ2) is 16.6. The van der Waals surface area contributed by atoms with Gasteiger partial charge < -0.3 is 26.0 Å². The fourth-order valence-corrected chi connectivity index (χ4v) is 3.47. The minimum atomic E-state index is -1.57. The van der Waals surface area contributed by atoms with Gasteiger partial charge in [-0.2, -0.15) is 0 Å². The van der Waals surface area contributed by atoms with Crippen LogP contribution in [0, 0.1) is 10.1 Å². The lowest BCUT2D eigenvalue weighted by molar-refractivity contribution is -0.384. The Balaban J connectivity index is 2.90. The van der Waals surface area contributed by atoms with Crippen molar-refractivity contribution in [3.8, 4) is 0 Å². The third kappa shape index (κ3) is 11.8. The summed E-state index contributed by atoms with van der Waals surface area (Å²) in [6.07, 6.45) is -2.12. The van der Waals surface area contributed by atoms with Crippen LogP contribution in [0.25, 0.3) is 0 Å². The third-order valence-corrected chi connectivity index (χ3v) is 5.71. The van der Waals surface area contributed by atoms with Gasteiger partial charge >= 0.3 is 18.0 Å². The highest BCUT2D eigenvalue weighted by atomic mass is 32.2. The second-order valence-electron chi connectivity index (χ2n) is 7.68. The number of hydrogen-bond donors (Lipinski definition) is 5. The van der Waals surface area contributed by atoms with E-state index in [4.69, 9.17) is 25.5 Å². The molecular weight excluding hydrogens is 542 g/mol. The second-order valence-corrected chi connectivity index (χ2v) is 8.59. The van der Waals surface area contributed by atoms with E-state index in [1.807, 2.05) is 0 Å². The van der Waals surface area contributed by atoms with Gasteiger partial charge in [0, 0.05) is 36.8 Å². The number of imide groups is 1. The van der Waals surface area contributed by atoms with Gasteiger partial charge in [0.05, 0.1) is 18.1 Å². The van der Waals surface area contributed by atoms with E-state index in [2.05, 4.69) is 10.8 Å². The van der Waals surface area contributed by atoms with E-state index in [1.54, 1.807) is 6.92 Å². The highest BCUT2D eigenvalue weighted by molar-refractivity contribution is 8.02. The van der Waals surface area contributed by atoms with Crippen molar-refractivity contribution in [2.75, 3.05) is 19.4 Å². The number of nitrogens with two attached hydrogens (primary N) is 1. The van der Waals surface area contributed by atoms with Gasteiger partial charge in [0.2, 0.25) is 5.91 Å². The highest BCUT2D eigenvalue weighted by Gasteiger charge is 2.28. The van der Waals surface area contributed by atoms with Gasteiger partial charge in [0.15, 0.2) is 5.70 Å². The first-order chi connectivity index (χ1) is 18.4. The number of nitro benzene ring substituents is 1. The Morgan fingerprint density at radius 2 is 1.85 bits per heavy atom. The summed E-state index contributed by atoms with van der Waals surface area (Å²) < 4.78 is 4.94. The molecule has 0 heterocycles. The normalized spacial score (nSPS) is 12.5. The molecular formula is C22H29N5O11S. The summed E-state index contributed by atoms with van der Waals surface area (Å²) in [4.78, 5) is 75.0. The molecule has 0 aromatic heterocycles. The Bertz CT molecular complexity index is 1080. The Hall–Kier alpha value is -4.22. The van der Waals surface area contributed by atoms with E-state index < -0.39 is 46.9 Å². The van der Waals surface area contributed by atoms with Crippen molar-refractivity contribution in [2.24, 2.45) is 5.73 Å². The van der Waals surface area contributed by atoms with E-state index in [9.17, 15) is 34.1 Å². The number of carbonyl (C=O) groups is 5. The molecule has 0 aliphatic carbocycles. The molecule has 6 N–H and O–H groups in total. The number of esters is 1. The fraction of sp³-hybridized carbons (Fsp3) is 0.409. The summed E-state index contributed by atoms with van der Waals surface area (Å²) in [6.45, 7) is 1.52. The first-order valence-corrected chi connectivity index (χ1v) is 12.3. The average Bonchev–Trinajstić information content (AvgIpc) is 2.89. The number of non-ortho nitro benzene ring substituents is 1. The van der Waals surface area contributed by atoms with Crippen molar-refractivity contribution in [2.45, 2.75) is 38.5 Å². The van der Waals surface area contributed by atoms with Gasteiger partial charge in [-0.3, -0.25) is 34.8 Å². The van der Waals surface area contributed by atoms with Crippen molar-refractivity contribution in [1.82, 2.24) is 15.7 Å². The Labute approximate surface area is 226 Å².